The molecule has 0 bridgehead atoms. The zero-order valence-corrected chi connectivity index (χ0v) is 8.63. The van der Waals surface area contributed by atoms with Crippen LogP contribution in [0.2, 0.25) is 0 Å². The number of hydrogen-bond donors (Lipinski definition) is 1. The van der Waals surface area contributed by atoms with Gasteiger partial charge in [0.25, 0.3) is 0 Å². The molecule has 0 heterocycles. The molecule has 1 aliphatic carbocycles. The lowest BCUT2D eigenvalue weighted by molar-refractivity contribution is 0.00853. The molecular weight excluding hydrogens is 198 g/mol. The largest absolute Gasteiger partial charge is 0.385 e. The van der Waals surface area contributed by atoms with E-state index in [0.29, 0.717) is 12.0 Å². The van der Waals surface area contributed by atoms with Gasteiger partial charge in [0, 0.05) is 0 Å². The summed E-state index contributed by atoms with van der Waals surface area (Å²) in [6.07, 6.45) is 2.45. The van der Waals surface area contributed by atoms with Crippen LogP contribution < -0.4 is 0 Å². The van der Waals surface area contributed by atoms with Crippen molar-refractivity contribution in [3.05, 3.63) is 35.4 Å². The van der Waals surface area contributed by atoms with Crippen LogP contribution in [0.25, 0.3) is 0 Å². The molecule has 1 N–H and O–H groups in total. The van der Waals surface area contributed by atoms with Crippen LogP contribution in [-0.4, -0.2) is 5.11 Å². The van der Waals surface area contributed by atoms with Crippen LogP contribution in [0.1, 0.15) is 31.7 Å². The topological polar surface area (TPSA) is 20.2 Å². The second kappa shape index (κ2) is 3.56. The Morgan fingerprint density at radius 3 is 2.47 bits per heavy atom. The van der Waals surface area contributed by atoms with Gasteiger partial charge in [0.2, 0.25) is 0 Å². The molecule has 2 rings (SSSR count). The molecule has 0 saturated heterocycles. The molecule has 82 valence electrons. The molecule has 0 amide bonds. The first kappa shape index (κ1) is 10.6. The molecule has 1 atom stereocenters. The SMILES string of the molecule is CCC(O)(c1ccc(F)c(F)c1)C1CC1. The Labute approximate surface area is 87.7 Å². The molecule has 1 saturated carbocycles. The highest BCUT2D eigenvalue weighted by Gasteiger charge is 2.43. The number of hydrogen-bond acceptors (Lipinski definition) is 1. The maximum Gasteiger partial charge on any atom is 0.159 e. The van der Waals surface area contributed by atoms with Gasteiger partial charge in [-0.05, 0) is 42.9 Å². The van der Waals surface area contributed by atoms with Gasteiger partial charge in [-0.3, -0.25) is 0 Å². The summed E-state index contributed by atoms with van der Waals surface area (Å²) in [4.78, 5) is 0. The summed E-state index contributed by atoms with van der Waals surface area (Å²) < 4.78 is 25.8. The van der Waals surface area contributed by atoms with Crippen molar-refractivity contribution < 1.29 is 13.9 Å². The highest BCUT2D eigenvalue weighted by Crippen LogP contribution is 2.47. The maximum atomic E-state index is 13.0. The van der Waals surface area contributed by atoms with Crippen molar-refractivity contribution in [3.63, 3.8) is 0 Å². The molecule has 1 aromatic rings. The van der Waals surface area contributed by atoms with Crippen LogP contribution in [0.15, 0.2) is 18.2 Å². The minimum absolute atomic E-state index is 0.201. The first-order valence-corrected chi connectivity index (χ1v) is 5.26. The lowest BCUT2D eigenvalue weighted by Gasteiger charge is -2.27. The van der Waals surface area contributed by atoms with E-state index in [9.17, 15) is 13.9 Å². The summed E-state index contributed by atoms with van der Waals surface area (Å²) in [5.41, 5.74) is -0.486. The third-order valence-electron chi connectivity index (χ3n) is 3.21. The van der Waals surface area contributed by atoms with Crippen LogP contribution in [0.3, 0.4) is 0 Å². The van der Waals surface area contributed by atoms with E-state index in [-0.39, 0.29) is 5.92 Å². The van der Waals surface area contributed by atoms with Crippen LogP contribution in [0.5, 0.6) is 0 Å². The summed E-state index contributed by atoms with van der Waals surface area (Å²) in [6.45, 7) is 1.86. The summed E-state index contributed by atoms with van der Waals surface area (Å²) in [5, 5.41) is 10.4. The van der Waals surface area contributed by atoms with Crippen molar-refractivity contribution in [1.82, 2.24) is 0 Å². The molecule has 1 nitrogen and oxygen atoms in total. The fourth-order valence-corrected chi connectivity index (χ4v) is 2.05. The third kappa shape index (κ3) is 1.76. The van der Waals surface area contributed by atoms with Gasteiger partial charge in [0.15, 0.2) is 11.6 Å². The molecular formula is C12H14F2O. The van der Waals surface area contributed by atoms with Gasteiger partial charge in [0.05, 0.1) is 5.60 Å². The van der Waals surface area contributed by atoms with Crippen LogP contribution >= 0.6 is 0 Å². The quantitative estimate of drug-likeness (QED) is 0.816. The van der Waals surface area contributed by atoms with E-state index in [2.05, 4.69) is 0 Å². The van der Waals surface area contributed by atoms with Gasteiger partial charge in [-0.1, -0.05) is 13.0 Å². The molecule has 3 heteroatoms. The lowest BCUT2D eigenvalue weighted by atomic mass is 9.86. The highest BCUT2D eigenvalue weighted by atomic mass is 19.2. The van der Waals surface area contributed by atoms with Gasteiger partial charge < -0.3 is 5.11 Å². The Kier molecular flexibility index (Phi) is 2.51. The van der Waals surface area contributed by atoms with E-state index >= 15 is 0 Å². The van der Waals surface area contributed by atoms with E-state index < -0.39 is 17.2 Å². The van der Waals surface area contributed by atoms with Crippen LogP contribution in [0.4, 0.5) is 8.78 Å². The fourth-order valence-electron chi connectivity index (χ4n) is 2.05. The Morgan fingerprint density at radius 2 is 2.00 bits per heavy atom. The molecule has 0 aliphatic heterocycles. The molecule has 1 aliphatic rings. The average molecular weight is 212 g/mol. The molecule has 0 aromatic heterocycles. The second-order valence-corrected chi connectivity index (χ2v) is 4.18. The Hall–Kier alpha value is -0.960. The Bertz CT molecular complexity index is 374. The molecule has 1 aromatic carbocycles. The second-order valence-electron chi connectivity index (χ2n) is 4.18. The molecule has 0 radical (unpaired) electrons. The van der Waals surface area contributed by atoms with E-state index in [1.54, 1.807) is 0 Å². The minimum Gasteiger partial charge on any atom is -0.385 e. The number of rotatable bonds is 3. The van der Waals surface area contributed by atoms with Gasteiger partial charge in [0.1, 0.15) is 0 Å². The predicted octanol–water partition coefficient (Wildman–Crippen LogP) is 2.97. The number of benzene rings is 1. The summed E-state index contributed by atoms with van der Waals surface area (Å²) in [5.74, 6) is -1.56. The van der Waals surface area contributed by atoms with Crippen molar-refractivity contribution in [2.75, 3.05) is 0 Å². The average Bonchev–Trinajstić information content (AvgIpc) is 3.04. The first-order valence-electron chi connectivity index (χ1n) is 5.26. The zero-order valence-electron chi connectivity index (χ0n) is 8.63. The van der Waals surface area contributed by atoms with Gasteiger partial charge in [-0.2, -0.15) is 0 Å². The van der Waals surface area contributed by atoms with Crippen LogP contribution in [0, 0.1) is 17.6 Å². The number of aliphatic hydroxyl groups is 1. The molecule has 15 heavy (non-hydrogen) atoms. The Balaban J connectivity index is 2.38. The van der Waals surface area contributed by atoms with E-state index in [1.165, 1.54) is 6.07 Å². The Morgan fingerprint density at radius 1 is 1.33 bits per heavy atom. The van der Waals surface area contributed by atoms with E-state index in [0.717, 1.165) is 25.0 Å². The monoisotopic (exact) mass is 212 g/mol. The minimum atomic E-state index is -0.978. The van der Waals surface area contributed by atoms with Gasteiger partial charge in [-0.25, -0.2) is 8.78 Å². The third-order valence-corrected chi connectivity index (χ3v) is 3.21. The highest BCUT2D eigenvalue weighted by molar-refractivity contribution is 5.26. The van der Waals surface area contributed by atoms with Crippen molar-refractivity contribution >= 4 is 0 Å². The summed E-state index contributed by atoms with van der Waals surface area (Å²) in [6, 6.07) is 3.66. The molecule has 0 spiro atoms. The zero-order chi connectivity index (χ0) is 11.1. The molecule has 1 unspecified atom stereocenters. The summed E-state index contributed by atoms with van der Waals surface area (Å²) >= 11 is 0. The van der Waals surface area contributed by atoms with E-state index in [4.69, 9.17) is 0 Å². The predicted molar refractivity (Wildman–Crippen MR) is 53.3 cm³/mol. The van der Waals surface area contributed by atoms with Gasteiger partial charge in [-0.15, -0.1) is 0 Å². The van der Waals surface area contributed by atoms with Crippen molar-refractivity contribution in [2.45, 2.75) is 31.8 Å². The van der Waals surface area contributed by atoms with Crippen LogP contribution in [-0.2, 0) is 5.60 Å². The van der Waals surface area contributed by atoms with Gasteiger partial charge >= 0.3 is 0 Å². The molecule has 1 fully saturated rings. The summed E-state index contributed by atoms with van der Waals surface area (Å²) in [7, 11) is 0. The first-order chi connectivity index (χ1) is 7.08. The smallest absolute Gasteiger partial charge is 0.159 e. The standard InChI is InChI=1S/C12H14F2O/c1-2-12(15,8-3-4-8)9-5-6-10(13)11(14)7-9/h5-8,15H,2-4H2,1H3. The fraction of sp³-hybridized carbons (Fsp3) is 0.500. The van der Waals surface area contributed by atoms with Crippen molar-refractivity contribution in [3.8, 4) is 0 Å². The van der Waals surface area contributed by atoms with E-state index in [1.807, 2.05) is 6.92 Å². The van der Waals surface area contributed by atoms with Crippen molar-refractivity contribution in [2.24, 2.45) is 5.92 Å². The number of halogens is 2. The normalized spacial score (nSPS) is 20.0. The lowest BCUT2D eigenvalue weighted by Crippen LogP contribution is -2.27. The van der Waals surface area contributed by atoms with Crippen molar-refractivity contribution in [1.29, 1.82) is 0 Å². The maximum absolute atomic E-state index is 13.0.